The molecule has 1 heterocycles. The van der Waals surface area contributed by atoms with Crippen molar-refractivity contribution in [1.82, 2.24) is 0 Å². The Labute approximate surface area is 302 Å². The number of ether oxygens (including phenoxy) is 5. The van der Waals surface area contributed by atoms with Gasteiger partial charge < -0.3 is 23.7 Å². The Kier molecular flexibility index (Phi) is 5.65. The van der Waals surface area contributed by atoms with Gasteiger partial charge in [-0.3, -0.25) is 23.7 Å². The van der Waals surface area contributed by atoms with Crippen LogP contribution in [0.2, 0.25) is 0 Å². The zero-order valence-electron chi connectivity index (χ0n) is 28.8. The van der Waals surface area contributed by atoms with Crippen LogP contribution in [0.1, 0.15) is 77.0 Å². The molecule has 17 unspecified atom stereocenters. The van der Waals surface area contributed by atoms with Gasteiger partial charge in [-0.15, -0.1) is 0 Å². The first-order chi connectivity index (χ1) is 24.9. The Morgan fingerprint density at radius 1 is 0.774 bits per heavy atom. The third-order valence-corrected chi connectivity index (χ3v) is 18.7. The van der Waals surface area contributed by atoms with Crippen LogP contribution in [0.15, 0.2) is 0 Å². The van der Waals surface area contributed by atoms with Crippen molar-refractivity contribution in [3.8, 4) is 0 Å². The number of Topliss-reactive ketones (excluding diaryl/α,β-unsaturated/α-hetero) is 2. The van der Waals surface area contributed by atoms with Crippen molar-refractivity contribution in [1.29, 1.82) is 0 Å². The second-order valence-electron chi connectivity index (χ2n) is 19.5. The van der Waals surface area contributed by atoms with Crippen LogP contribution in [-0.2, 0) is 57.8 Å². The van der Waals surface area contributed by atoms with E-state index in [-0.39, 0.29) is 90.9 Å². The summed E-state index contributed by atoms with van der Waals surface area (Å²) in [5.41, 5.74) is -3.45. The summed E-state index contributed by atoms with van der Waals surface area (Å²) in [7, 11) is -6.05. The molecule has 53 heavy (non-hydrogen) atoms. The van der Waals surface area contributed by atoms with Gasteiger partial charge in [-0.2, -0.15) is 17.2 Å². The number of hydrogen-bond donors (Lipinski definition) is 1. The summed E-state index contributed by atoms with van der Waals surface area (Å²) in [5, 5.41) is -5.13. The van der Waals surface area contributed by atoms with Gasteiger partial charge in [0.2, 0.25) is 0 Å². The molecular weight excluding hydrogens is 722 g/mol. The summed E-state index contributed by atoms with van der Waals surface area (Å²) in [6, 6.07) is 0. The first-order valence-corrected chi connectivity index (χ1v) is 20.7. The van der Waals surface area contributed by atoms with Crippen molar-refractivity contribution >= 4 is 39.6 Å². The lowest BCUT2D eigenvalue weighted by Gasteiger charge is -2.73. The topological polar surface area (TPSA) is 186 Å². The first-order valence-electron chi connectivity index (χ1n) is 19.3. The minimum absolute atomic E-state index is 0.00499. The Morgan fingerprint density at radius 3 is 2.21 bits per heavy atom. The van der Waals surface area contributed by atoms with Crippen LogP contribution in [0, 0.1) is 74.9 Å². The maximum atomic E-state index is 14.3. The molecule has 13 aliphatic rings. The van der Waals surface area contributed by atoms with Gasteiger partial charge in [-0.05, 0) is 106 Å². The molecule has 0 aromatic rings. The third-order valence-electron chi connectivity index (χ3n) is 17.9. The highest BCUT2D eigenvalue weighted by Gasteiger charge is 2.90. The zero-order valence-corrected chi connectivity index (χ0v) is 29.6. The summed E-state index contributed by atoms with van der Waals surface area (Å²) >= 11 is 0. The highest BCUT2D eigenvalue weighted by atomic mass is 32.2. The van der Waals surface area contributed by atoms with Gasteiger partial charge in [0.15, 0.2) is 5.79 Å². The molecule has 12 saturated carbocycles. The molecule has 16 heteroatoms. The highest BCUT2D eigenvalue weighted by molar-refractivity contribution is 7.87. The minimum atomic E-state index is -6.05. The Bertz CT molecular complexity index is 1990. The fourth-order valence-electron chi connectivity index (χ4n) is 16.3. The summed E-state index contributed by atoms with van der Waals surface area (Å²) in [6.45, 7) is -0.413. The summed E-state index contributed by atoms with van der Waals surface area (Å²) < 4.78 is 91.1. The number of alkyl halides is 2. The predicted molar refractivity (Wildman–Crippen MR) is 166 cm³/mol. The number of rotatable bonds is 9. The van der Waals surface area contributed by atoms with Crippen molar-refractivity contribution in [2.24, 2.45) is 74.9 Å². The average molecular weight is 763 g/mol. The normalized spacial score (nSPS) is 56.0. The maximum absolute atomic E-state index is 14.3. The molecule has 8 bridgehead atoms. The van der Waals surface area contributed by atoms with E-state index >= 15 is 0 Å². The van der Waals surface area contributed by atoms with Crippen LogP contribution in [0.5, 0.6) is 0 Å². The number of ketones is 2. The maximum Gasteiger partial charge on any atom is 0.465 e. The van der Waals surface area contributed by atoms with E-state index in [1.54, 1.807) is 0 Å². The van der Waals surface area contributed by atoms with Gasteiger partial charge in [0.1, 0.15) is 42.6 Å². The molecule has 12 aliphatic carbocycles. The number of halogens is 2. The molecule has 1 N–H and O–H groups in total. The van der Waals surface area contributed by atoms with Crippen LogP contribution < -0.4 is 0 Å². The quantitative estimate of drug-likeness (QED) is 0.206. The lowest BCUT2D eigenvalue weighted by molar-refractivity contribution is -0.412. The van der Waals surface area contributed by atoms with E-state index in [1.165, 1.54) is 0 Å². The molecule has 286 valence electrons. The Hall–Kier alpha value is -2.56. The van der Waals surface area contributed by atoms with Crippen LogP contribution >= 0.6 is 0 Å². The Balaban J connectivity index is 0.797. The predicted octanol–water partition coefficient (Wildman–Crippen LogP) is 2.78. The molecular formula is C37H40F2O13S. The third kappa shape index (κ3) is 3.38. The van der Waals surface area contributed by atoms with Gasteiger partial charge in [0.25, 0.3) is 0 Å². The minimum Gasteiger partial charge on any atom is -0.462 e. The van der Waals surface area contributed by atoms with E-state index in [4.69, 9.17) is 28.2 Å². The van der Waals surface area contributed by atoms with E-state index in [9.17, 15) is 41.2 Å². The van der Waals surface area contributed by atoms with Gasteiger partial charge in [-0.25, -0.2) is 4.79 Å². The average Bonchev–Trinajstić information content (AvgIpc) is 3.92. The van der Waals surface area contributed by atoms with E-state index in [1.807, 2.05) is 0 Å². The van der Waals surface area contributed by atoms with Gasteiger partial charge >= 0.3 is 33.3 Å². The zero-order chi connectivity index (χ0) is 36.7. The van der Waals surface area contributed by atoms with Crippen molar-refractivity contribution in [2.45, 2.75) is 106 Å². The van der Waals surface area contributed by atoms with Crippen molar-refractivity contribution in [3.05, 3.63) is 0 Å². The monoisotopic (exact) mass is 762 g/mol. The molecule has 13 nitrogen and oxygen atoms in total. The van der Waals surface area contributed by atoms with E-state index in [2.05, 4.69) is 0 Å². The molecule has 17 atom stereocenters. The largest absolute Gasteiger partial charge is 0.465 e. The number of carbonyl (C=O) groups is 5. The molecule has 0 amide bonds. The van der Waals surface area contributed by atoms with Crippen molar-refractivity contribution in [3.63, 3.8) is 0 Å². The van der Waals surface area contributed by atoms with Crippen LogP contribution in [0.4, 0.5) is 8.78 Å². The second kappa shape index (κ2) is 9.18. The van der Waals surface area contributed by atoms with Crippen molar-refractivity contribution in [2.75, 3.05) is 13.2 Å². The van der Waals surface area contributed by atoms with Crippen LogP contribution in [0.25, 0.3) is 0 Å². The number of hydrogen-bond acceptors (Lipinski definition) is 12. The summed E-state index contributed by atoms with van der Waals surface area (Å²) in [6.07, 6.45) is 4.70. The fraction of sp³-hybridized carbons (Fsp3) is 0.865. The van der Waals surface area contributed by atoms with Crippen LogP contribution in [-0.4, -0.2) is 84.5 Å². The molecule has 0 aromatic heterocycles. The van der Waals surface area contributed by atoms with E-state index in [0.717, 1.165) is 12.8 Å². The Morgan fingerprint density at radius 2 is 1.49 bits per heavy atom. The smallest absolute Gasteiger partial charge is 0.462 e. The number of esters is 3. The number of carbonyl (C=O) groups excluding carboxylic acids is 5. The van der Waals surface area contributed by atoms with Gasteiger partial charge in [-0.1, -0.05) is 0 Å². The highest BCUT2D eigenvalue weighted by Crippen LogP contribution is 2.87. The summed E-state index contributed by atoms with van der Waals surface area (Å²) in [5.74, 6) is -4.39. The number of fused-ring (bicyclic) bond motifs is 4. The molecule has 0 radical (unpaired) electrons. The molecule has 13 fully saturated rings. The summed E-state index contributed by atoms with van der Waals surface area (Å²) in [4.78, 5) is 65.8. The lowest BCUT2D eigenvalue weighted by Crippen LogP contribution is -2.76. The lowest BCUT2D eigenvalue weighted by atomic mass is 9.35. The van der Waals surface area contributed by atoms with Crippen LogP contribution in [0.3, 0.4) is 0 Å². The van der Waals surface area contributed by atoms with E-state index in [0.29, 0.717) is 56.8 Å². The molecule has 3 spiro atoms. The van der Waals surface area contributed by atoms with E-state index < -0.39 is 73.1 Å². The van der Waals surface area contributed by atoms with Gasteiger partial charge in [0, 0.05) is 35.5 Å². The first kappa shape index (κ1) is 32.7. The standard InChI is InChI=1S/C37H40F2O13S/c38-37(39,53(45,46)47)30(44)52-32-8-18-4-24-35(18,14-32)25(10-32)36(24)50-22(11-48-28(42)31-7-17-3-20-27(41)21(9-31)34(17,20)13-31)23(51-36)12-49-29(43)33-5-15-1-16(6-33)26(40)19(33)2-15/h15-25H,1-14H2,(H,45,46,47). The second-order valence-corrected chi connectivity index (χ2v) is 21.0. The SMILES string of the molecule is O=C1C2CC3CC1C(C(=O)OCC1OC4(OC1COC(=O)C15CC6CC7C(=O)C(C1)C67C5)C1CC5CC6(OC(=O)C(F)(F)S(=O)(=O)O)CC4C51C6)(C3)C2. The molecule has 1 saturated heterocycles. The molecule has 0 aromatic carbocycles. The fourth-order valence-corrected chi connectivity index (χ4v) is 16.5. The van der Waals surface area contributed by atoms with Gasteiger partial charge in [0.05, 0.1) is 10.8 Å². The molecule has 1 aliphatic heterocycles. The molecule has 13 rings (SSSR count). The van der Waals surface area contributed by atoms with Crippen molar-refractivity contribution < 1.29 is 69.4 Å².